The topological polar surface area (TPSA) is 73.1 Å². The fourth-order valence-electron chi connectivity index (χ4n) is 3.49. The van der Waals surface area contributed by atoms with Crippen LogP contribution in [0.2, 0.25) is 0 Å². The van der Waals surface area contributed by atoms with Gasteiger partial charge in [0.2, 0.25) is 0 Å². The lowest BCUT2D eigenvalue weighted by Gasteiger charge is -2.32. The van der Waals surface area contributed by atoms with E-state index >= 15 is 0 Å². The largest absolute Gasteiger partial charge is 0.497 e. The van der Waals surface area contributed by atoms with Gasteiger partial charge in [0.05, 0.1) is 12.8 Å². The third-order valence-corrected chi connectivity index (χ3v) is 4.91. The number of hydrogen-bond acceptors (Lipinski definition) is 5. The summed E-state index contributed by atoms with van der Waals surface area (Å²) >= 11 is 0. The third kappa shape index (κ3) is 3.53. The second kappa shape index (κ2) is 7.57. The van der Waals surface area contributed by atoms with Gasteiger partial charge >= 0.3 is 0 Å². The van der Waals surface area contributed by atoms with E-state index in [2.05, 4.69) is 15.5 Å². The molecular weight excluding hydrogens is 342 g/mol. The summed E-state index contributed by atoms with van der Waals surface area (Å²) in [5, 5.41) is 12.3. The summed E-state index contributed by atoms with van der Waals surface area (Å²) in [6, 6.07) is 17.1. The molecule has 1 aliphatic rings. The number of aromatic nitrogens is 4. The number of piperidine rings is 1. The van der Waals surface area contributed by atoms with Crippen LogP contribution in [-0.2, 0) is 0 Å². The molecule has 1 saturated heterocycles. The Morgan fingerprint density at radius 2 is 1.89 bits per heavy atom. The summed E-state index contributed by atoms with van der Waals surface area (Å²) in [4.78, 5) is 14.8. The number of methoxy groups -OCH3 is 1. The van der Waals surface area contributed by atoms with Crippen molar-refractivity contribution in [1.29, 1.82) is 0 Å². The lowest BCUT2D eigenvalue weighted by Crippen LogP contribution is -2.39. The standard InChI is InChI=1S/C20H21N5O2/c1-27-18-11-9-15(10-12-18)20(26)24-13-5-6-16(14-24)19-21-22-23-25(19)17-7-3-2-4-8-17/h2-4,7-12,16H,5-6,13-14H2,1H3. The Balaban J connectivity index is 1.53. The molecule has 7 heteroatoms. The predicted octanol–water partition coefficient (Wildman–Crippen LogP) is 2.69. The Hall–Kier alpha value is -3.22. The molecule has 0 aliphatic carbocycles. The number of hydrogen-bond donors (Lipinski definition) is 0. The van der Waals surface area contributed by atoms with Gasteiger partial charge in [-0.3, -0.25) is 4.79 Å². The zero-order valence-corrected chi connectivity index (χ0v) is 15.2. The van der Waals surface area contributed by atoms with E-state index in [4.69, 9.17) is 4.74 Å². The molecule has 0 N–H and O–H groups in total. The molecule has 2 aromatic carbocycles. The van der Waals surface area contributed by atoms with Crippen LogP contribution in [0, 0.1) is 0 Å². The average molecular weight is 363 g/mol. The fraction of sp³-hybridized carbons (Fsp3) is 0.300. The van der Waals surface area contributed by atoms with E-state index in [0.29, 0.717) is 12.1 Å². The van der Waals surface area contributed by atoms with Crippen molar-refractivity contribution in [3.05, 3.63) is 66.0 Å². The van der Waals surface area contributed by atoms with E-state index in [1.807, 2.05) is 47.4 Å². The highest BCUT2D eigenvalue weighted by molar-refractivity contribution is 5.94. The maximum atomic E-state index is 12.9. The Kier molecular flexibility index (Phi) is 4.82. The second-order valence-electron chi connectivity index (χ2n) is 6.60. The summed E-state index contributed by atoms with van der Waals surface area (Å²) in [5.41, 5.74) is 1.59. The first-order valence-electron chi connectivity index (χ1n) is 9.03. The van der Waals surface area contributed by atoms with E-state index in [1.165, 1.54) is 0 Å². The van der Waals surface area contributed by atoms with Gasteiger partial charge < -0.3 is 9.64 Å². The van der Waals surface area contributed by atoms with Gasteiger partial charge in [-0.15, -0.1) is 5.10 Å². The monoisotopic (exact) mass is 363 g/mol. The lowest BCUT2D eigenvalue weighted by atomic mass is 9.96. The maximum absolute atomic E-state index is 12.9. The van der Waals surface area contributed by atoms with E-state index in [-0.39, 0.29) is 11.8 Å². The van der Waals surface area contributed by atoms with Crippen LogP contribution in [0.3, 0.4) is 0 Å². The van der Waals surface area contributed by atoms with Crippen LogP contribution in [-0.4, -0.2) is 51.2 Å². The van der Waals surface area contributed by atoms with Crippen molar-refractivity contribution in [1.82, 2.24) is 25.1 Å². The van der Waals surface area contributed by atoms with Gasteiger partial charge in [-0.05, 0) is 59.7 Å². The first-order chi connectivity index (χ1) is 13.3. The molecular formula is C20H21N5O2. The number of likely N-dealkylation sites (tertiary alicyclic amines) is 1. The van der Waals surface area contributed by atoms with E-state index in [0.717, 1.165) is 36.6 Å². The van der Waals surface area contributed by atoms with Gasteiger partial charge in [0.25, 0.3) is 5.91 Å². The smallest absolute Gasteiger partial charge is 0.253 e. The molecule has 3 aromatic rings. The Morgan fingerprint density at radius 3 is 2.63 bits per heavy atom. The molecule has 4 rings (SSSR count). The normalized spacial score (nSPS) is 16.9. The zero-order valence-electron chi connectivity index (χ0n) is 15.2. The van der Waals surface area contributed by atoms with Crippen LogP contribution in [0.4, 0.5) is 0 Å². The molecule has 0 radical (unpaired) electrons. The van der Waals surface area contributed by atoms with Crippen LogP contribution in [0.25, 0.3) is 5.69 Å². The lowest BCUT2D eigenvalue weighted by molar-refractivity contribution is 0.0703. The molecule has 0 spiro atoms. The summed E-state index contributed by atoms with van der Waals surface area (Å²) in [5.74, 6) is 1.68. The number of amides is 1. The van der Waals surface area contributed by atoms with Gasteiger partial charge in [0.15, 0.2) is 5.82 Å². The van der Waals surface area contributed by atoms with Crippen LogP contribution in [0.5, 0.6) is 5.75 Å². The maximum Gasteiger partial charge on any atom is 0.253 e. The number of para-hydroxylation sites is 1. The van der Waals surface area contributed by atoms with E-state index in [1.54, 1.807) is 23.9 Å². The zero-order chi connectivity index (χ0) is 18.6. The Bertz CT molecular complexity index is 908. The summed E-state index contributed by atoms with van der Waals surface area (Å²) in [7, 11) is 1.61. The van der Waals surface area contributed by atoms with E-state index < -0.39 is 0 Å². The molecule has 27 heavy (non-hydrogen) atoms. The average Bonchev–Trinajstić information content (AvgIpc) is 3.24. The van der Waals surface area contributed by atoms with Crippen LogP contribution >= 0.6 is 0 Å². The summed E-state index contributed by atoms with van der Waals surface area (Å²) < 4.78 is 6.94. The van der Waals surface area contributed by atoms with Crippen molar-refractivity contribution in [2.24, 2.45) is 0 Å². The van der Waals surface area contributed by atoms with Gasteiger partial charge in [-0.2, -0.15) is 4.68 Å². The second-order valence-corrected chi connectivity index (χ2v) is 6.60. The number of rotatable bonds is 4. The van der Waals surface area contributed by atoms with Gasteiger partial charge in [0.1, 0.15) is 5.75 Å². The minimum atomic E-state index is 0.0288. The summed E-state index contributed by atoms with van der Waals surface area (Å²) in [6.45, 7) is 1.35. The van der Waals surface area contributed by atoms with Crippen molar-refractivity contribution >= 4 is 5.91 Å². The molecule has 2 heterocycles. The van der Waals surface area contributed by atoms with Crippen molar-refractivity contribution in [2.45, 2.75) is 18.8 Å². The van der Waals surface area contributed by atoms with Crippen molar-refractivity contribution in [3.8, 4) is 11.4 Å². The fourth-order valence-corrected chi connectivity index (χ4v) is 3.49. The quantitative estimate of drug-likeness (QED) is 0.713. The number of carbonyl (C=O) groups is 1. The number of tetrazole rings is 1. The van der Waals surface area contributed by atoms with E-state index in [9.17, 15) is 4.79 Å². The Morgan fingerprint density at radius 1 is 1.11 bits per heavy atom. The minimum Gasteiger partial charge on any atom is -0.497 e. The highest BCUT2D eigenvalue weighted by Crippen LogP contribution is 2.27. The molecule has 0 saturated carbocycles. The van der Waals surface area contributed by atoms with Gasteiger partial charge in [-0.1, -0.05) is 18.2 Å². The summed E-state index contributed by atoms with van der Waals surface area (Å²) in [6.07, 6.45) is 1.88. The number of nitrogens with zero attached hydrogens (tertiary/aromatic N) is 5. The highest BCUT2D eigenvalue weighted by Gasteiger charge is 2.29. The van der Waals surface area contributed by atoms with Gasteiger partial charge in [0, 0.05) is 24.6 Å². The van der Waals surface area contributed by atoms with Crippen molar-refractivity contribution in [2.75, 3.05) is 20.2 Å². The first-order valence-corrected chi connectivity index (χ1v) is 9.03. The highest BCUT2D eigenvalue weighted by atomic mass is 16.5. The van der Waals surface area contributed by atoms with Crippen LogP contribution in [0.1, 0.15) is 34.9 Å². The molecule has 138 valence electrons. The Labute approximate surface area is 157 Å². The van der Waals surface area contributed by atoms with Gasteiger partial charge in [-0.25, -0.2) is 0 Å². The third-order valence-electron chi connectivity index (χ3n) is 4.91. The molecule has 1 aromatic heterocycles. The predicted molar refractivity (Wildman–Crippen MR) is 100 cm³/mol. The molecule has 1 unspecified atom stereocenters. The molecule has 1 aliphatic heterocycles. The van der Waals surface area contributed by atoms with Crippen LogP contribution in [0.15, 0.2) is 54.6 Å². The van der Waals surface area contributed by atoms with Crippen LogP contribution < -0.4 is 4.74 Å². The molecule has 1 atom stereocenters. The number of ether oxygens (including phenoxy) is 1. The molecule has 1 fully saturated rings. The molecule has 0 bridgehead atoms. The molecule has 7 nitrogen and oxygen atoms in total. The first kappa shape index (κ1) is 17.2. The molecule has 1 amide bonds. The number of carbonyl (C=O) groups excluding carboxylic acids is 1. The minimum absolute atomic E-state index is 0.0288. The SMILES string of the molecule is COc1ccc(C(=O)N2CCCC(c3nnnn3-c3ccccc3)C2)cc1. The number of benzene rings is 2. The van der Waals surface area contributed by atoms with Crippen molar-refractivity contribution in [3.63, 3.8) is 0 Å². The van der Waals surface area contributed by atoms with Crippen molar-refractivity contribution < 1.29 is 9.53 Å².